The van der Waals surface area contributed by atoms with Crippen molar-refractivity contribution in [2.24, 2.45) is 5.92 Å². The highest BCUT2D eigenvalue weighted by molar-refractivity contribution is 5.85. The van der Waals surface area contributed by atoms with E-state index in [1.165, 1.54) is 14.2 Å². The van der Waals surface area contributed by atoms with Crippen LogP contribution in [0.25, 0.3) is 5.57 Å². The predicted octanol–water partition coefficient (Wildman–Crippen LogP) is 5.38. The summed E-state index contributed by atoms with van der Waals surface area (Å²) in [5.41, 5.74) is 2.28. The molecule has 2 N–H and O–H groups in total. The van der Waals surface area contributed by atoms with Crippen LogP contribution in [0, 0.1) is 5.92 Å². The Hall–Kier alpha value is -2.39. The van der Waals surface area contributed by atoms with Gasteiger partial charge in [-0.1, -0.05) is 26.0 Å². The van der Waals surface area contributed by atoms with E-state index in [0.717, 1.165) is 16.7 Å². The second-order valence-electron chi connectivity index (χ2n) is 8.66. The molecule has 2 aromatic rings. The molecule has 3 atom stereocenters. The Morgan fingerprint density at radius 3 is 2.48 bits per heavy atom. The maximum Gasteiger partial charge on any atom is 0.410 e. The highest BCUT2D eigenvalue weighted by atomic mass is 35.5. The van der Waals surface area contributed by atoms with Gasteiger partial charge >= 0.3 is 6.18 Å². The summed E-state index contributed by atoms with van der Waals surface area (Å²) in [6.07, 6.45) is -1.83. The molecule has 2 aliphatic heterocycles. The summed E-state index contributed by atoms with van der Waals surface area (Å²) in [5.74, 6) is 1.80. The zero-order chi connectivity index (χ0) is 23.0. The van der Waals surface area contributed by atoms with E-state index in [0.29, 0.717) is 41.0 Å². The van der Waals surface area contributed by atoms with E-state index in [9.17, 15) is 13.2 Å². The van der Waals surface area contributed by atoms with Crippen LogP contribution in [-0.4, -0.2) is 42.8 Å². The summed E-state index contributed by atoms with van der Waals surface area (Å²) in [4.78, 5) is 0. The molecule has 0 fully saturated rings. The molecule has 3 unspecified atom stereocenters. The Morgan fingerprint density at radius 2 is 1.85 bits per heavy atom. The van der Waals surface area contributed by atoms with E-state index in [4.69, 9.17) is 9.47 Å². The van der Waals surface area contributed by atoms with Crippen LogP contribution in [0.15, 0.2) is 30.3 Å². The minimum atomic E-state index is -4.42. The van der Waals surface area contributed by atoms with E-state index < -0.39 is 18.3 Å². The van der Waals surface area contributed by atoms with E-state index in [1.807, 2.05) is 6.08 Å². The maximum atomic E-state index is 14.0. The van der Waals surface area contributed by atoms with E-state index in [-0.39, 0.29) is 24.9 Å². The fourth-order valence-electron chi connectivity index (χ4n) is 4.43. The summed E-state index contributed by atoms with van der Waals surface area (Å²) in [6.45, 7) is 4.95. The largest absolute Gasteiger partial charge is 0.493 e. The van der Waals surface area contributed by atoms with Crippen molar-refractivity contribution in [2.45, 2.75) is 51.0 Å². The van der Waals surface area contributed by atoms with Gasteiger partial charge in [0.15, 0.2) is 17.5 Å². The van der Waals surface area contributed by atoms with E-state index in [2.05, 4.69) is 29.6 Å². The molecule has 10 heteroatoms. The van der Waals surface area contributed by atoms with Gasteiger partial charge in [0.1, 0.15) is 5.82 Å². The molecule has 0 radical (unpaired) electrons. The number of aromatic nitrogens is 2. The van der Waals surface area contributed by atoms with Crippen molar-refractivity contribution in [3.63, 3.8) is 0 Å². The quantitative estimate of drug-likeness (QED) is 0.594. The van der Waals surface area contributed by atoms with Gasteiger partial charge in [-0.3, -0.25) is 0 Å². The van der Waals surface area contributed by atoms with Gasteiger partial charge in [0, 0.05) is 25.1 Å². The SMILES string of the molecule is COc1ccc(C2CC(C(F)(F)F)n3nc(C4=CCNC(C(C)C)C4)cc3N2)cc1OC.Cl. The number of anilines is 1. The molecule has 0 saturated carbocycles. The Bertz CT molecular complexity index is 1010. The molecule has 6 nitrogen and oxygen atoms in total. The summed E-state index contributed by atoms with van der Waals surface area (Å²) >= 11 is 0. The highest BCUT2D eigenvalue weighted by Crippen LogP contribution is 2.45. The van der Waals surface area contributed by atoms with Gasteiger partial charge in [0.05, 0.1) is 26.0 Å². The number of hydrogen-bond donors (Lipinski definition) is 2. The summed E-state index contributed by atoms with van der Waals surface area (Å²) in [5, 5.41) is 11.1. The van der Waals surface area contributed by atoms with Crippen LogP contribution >= 0.6 is 12.4 Å². The van der Waals surface area contributed by atoms with E-state index in [1.54, 1.807) is 24.3 Å². The van der Waals surface area contributed by atoms with Crippen LogP contribution in [0.5, 0.6) is 11.5 Å². The molecule has 0 bridgehead atoms. The van der Waals surface area contributed by atoms with Gasteiger partial charge in [0.25, 0.3) is 0 Å². The molecule has 33 heavy (non-hydrogen) atoms. The van der Waals surface area contributed by atoms with Gasteiger partial charge in [-0.25, -0.2) is 4.68 Å². The molecule has 0 aliphatic carbocycles. The van der Waals surface area contributed by atoms with Gasteiger partial charge < -0.3 is 20.1 Å². The highest BCUT2D eigenvalue weighted by Gasteiger charge is 2.46. The zero-order valence-electron chi connectivity index (χ0n) is 19.1. The summed E-state index contributed by atoms with van der Waals surface area (Å²) in [6, 6.07) is 4.96. The van der Waals surface area contributed by atoms with Crippen LogP contribution in [0.4, 0.5) is 19.0 Å². The number of ether oxygens (including phenoxy) is 2. The van der Waals surface area contributed by atoms with Crippen molar-refractivity contribution < 1.29 is 22.6 Å². The monoisotopic (exact) mass is 486 g/mol. The number of alkyl halides is 3. The minimum absolute atomic E-state index is 0. The van der Waals surface area contributed by atoms with Crippen LogP contribution < -0.4 is 20.1 Å². The normalized spacial score (nSPS) is 22.7. The first-order valence-electron chi connectivity index (χ1n) is 10.8. The number of nitrogens with zero attached hydrogens (tertiary/aromatic N) is 2. The van der Waals surface area contributed by atoms with Crippen molar-refractivity contribution in [1.82, 2.24) is 15.1 Å². The van der Waals surface area contributed by atoms with Gasteiger partial charge in [-0.05, 0) is 35.6 Å². The third-order valence-electron chi connectivity index (χ3n) is 6.30. The first-order valence-corrected chi connectivity index (χ1v) is 10.8. The third kappa shape index (κ3) is 5.09. The van der Waals surface area contributed by atoms with Crippen molar-refractivity contribution in [1.29, 1.82) is 0 Å². The van der Waals surface area contributed by atoms with Crippen molar-refractivity contribution in [3.8, 4) is 11.5 Å². The summed E-state index contributed by atoms with van der Waals surface area (Å²) in [7, 11) is 3.03. The Morgan fingerprint density at radius 1 is 1.12 bits per heavy atom. The zero-order valence-corrected chi connectivity index (χ0v) is 19.9. The fourth-order valence-corrected chi connectivity index (χ4v) is 4.43. The molecule has 0 spiro atoms. The number of nitrogens with one attached hydrogen (secondary N) is 2. The van der Waals surface area contributed by atoms with Crippen LogP contribution in [0.2, 0.25) is 0 Å². The van der Waals surface area contributed by atoms with E-state index >= 15 is 0 Å². The van der Waals surface area contributed by atoms with Gasteiger partial charge in [0.2, 0.25) is 0 Å². The van der Waals surface area contributed by atoms with Crippen LogP contribution in [0.1, 0.15) is 50.0 Å². The lowest BCUT2D eigenvalue weighted by Gasteiger charge is -2.33. The number of rotatable bonds is 5. The number of hydrogen-bond acceptors (Lipinski definition) is 5. The lowest BCUT2D eigenvalue weighted by Crippen LogP contribution is -2.37. The van der Waals surface area contributed by atoms with Gasteiger partial charge in [-0.2, -0.15) is 18.3 Å². The Labute approximate surface area is 197 Å². The first kappa shape index (κ1) is 25.2. The molecule has 182 valence electrons. The topological polar surface area (TPSA) is 60.3 Å². The van der Waals surface area contributed by atoms with Gasteiger partial charge in [-0.15, -0.1) is 12.4 Å². The van der Waals surface area contributed by atoms with Crippen molar-refractivity contribution in [2.75, 3.05) is 26.1 Å². The molecule has 0 amide bonds. The number of fused-ring (bicyclic) bond motifs is 1. The lowest BCUT2D eigenvalue weighted by molar-refractivity contribution is -0.173. The van der Waals surface area contributed by atoms with Crippen LogP contribution in [-0.2, 0) is 0 Å². The standard InChI is InChI=1S/C23H29F3N4O2.ClH/c1-13(2)16-9-15(7-8-27-16)18-12-22-28-17(11-21(23(24,25)26)30(22)29-18)14-5-6-19(31-3)20(10-14)32-4;/h5-7,10,12-13,16-17,21,27-28H,8-9,11H2,1-4H3;1H. The molecule has 1 aromatic heterocycles. The maximum absolute atomic E-state index is 14.0. The fraction of sp³-hybridized carbons (Fsp3) is 0.522. The molecule has 2 aliphatic rings. The second kappa shape index (κ2) is 9.85. The Balaban J connectivity index is 0.00000306. The average Bonchev–Trinajstić information content (AvgIpc) is 3.21. The van der Waals surface area contributed by atoms with Crippen molar-refractivity contribution >= 4 is 23.8 Å². The summed E-state index contributed by atoms with van der Waals surface area (Å²) < 4.78 is 53.8. The smallest absolute Gasteiger partial charge is 0.410 e. The number of methoxy groups -OCH3 is 2. The molecular weight excluding hydrogens is 457 g/mol. The number of halogens is 4. The lowest BCUT2D eigenvalue weighted by atomic mass is 9.92. The number of benzene rings is 1. The Kier molecular flexibility index (Phi) is 7.53. The predicted molar refractivity (Wildman–Crippen MR) is 124 cm³/mol. The molecule has 3 heterocycles. The molecular formula is C23H30ClF3N4O2. The molecule has 4 rings (SSSR count). The average molecular weight is 487 g/mol. The molecule has 1 aromatic carbocycles. The second-order valence-corrected chi connectivity index (χ2v) is 8.66. The molecule has 0 saturated heterocycles. The van der Waals surface area contributed by atoms with Crippen molar-refractivity contribution in [3.05, 3.63) is 41.6 Å². The van der Waals surface area contributed by atoms with Crippen LogP contribution in [0.3, 0.4) is 0 Å². The minimum Gasteiger partial charge on any atom is -0.493 e. The third-order valence-corrected chi connectivity index (χ3v) is 6.30. The first-order chi connectivity index (χ1) is 15.2.